The molecule has 0 amide bonds. The third-order valence-corrected chi connectivity index (χ3v) is 3.20. The first kappa shape index (κ1) is 12.3. The maximum Gasteiger partial charge on any atom is 0.311 e. The molecule has 1 unspecified atom stereocenters. The first-order valence-corrected chi connectivity index (χ1v) is 6.40. The van der Waals surface area contributed by atoms with Gasteiger partial charge in [0.15, 0.2) is 5.75 Å². The van der Waals surface area contributed by atoms with E-state index < -0.39 is 4.92 Å². The number of hydrogen-bond acceptors (Lipinski definition) is 4. The van der Waals surface area contributed by atoms with Crippen molar-refractivity contribution in [1.29, 1.82) is 0 Å². The third kappa shape index (κ3) is 2.95. The van der Waals surface area contributed by atoms with Gasteiger partial charge < -0.3 is 9.47 Å². The van der Waals surface area contributed by atoms with Crippen LogP contribution in [0.1, 0.15) is 12.0 Å². The Morgan fingerprint density at radius 1 is 1.59 bits per heavy atom. The molecule has 0 spiro atoms. The van der Waals surface area contributed by atoms with Crippen LogP contribution in [0, 0.1) is 10.1 Å². The largest absolute Gasteiger partial charge is 0.481 e. The van der Waals surface area contributed by atoms with Crippen molar-refractivity contribution in [2.75, 3.05) is 13.2 Å². The Morgan fingerprint density at radius 2 is 2.41 bits per heavy atom. The third-order valence-electron chi connectivity index (χ3n) is 2.56. The molecule has 1 aromatic rings. The summed E-state index contributed by atoms with van der Waals surface area (Å²) >= 11 is 3.27. The minimum absolute atomic E-state index is 0.00819. The molecule has 0 aromatic heterocycles. The van der Waals surface area contributed by atoms with Crippen molar-refractivity contribution >= 4 is 21.6 Å². The average Bonchev–Trinajstić information content (AvgIpc) is 2.82. The molecule has 1 saturated heterocycles. The van der Waals surface area contributed by atoms with Gasteiger partial charge in [-0.2, -0.15) is 0 Å². The minimum Gasteiger partial charge on any atom is -0.481 e. The Bertz CT molecular complexity index is 418. The van der Waals surface area contributed by atoms with E-state index in [0.717, 1.165) is 12.0 Å². The van der Waals surface area contributed by atoms with Gasteiger partial charge in [-0.15, -0.1) is 0 Å². The fraction of sp³-hybridized carbons (Fsp3) is 0.455. The molecule has 0 radical (unpaired) electrons. The molecule has 0 N–H and O–H groups in total. The van der Waals surface area contributed by atoms with E-state index in [2.05, 4.69) is 15.9 Å². The summed E-state index contributed by atoms with van der Waals surface area (Å²) in [5.41, 5.74) is 0.862. The van der Waals surface area contributed by atoms with Gasteiger partial charge >= 0.3 is 5.69 Å². The van der Waals surface area contributed by atoms with Crippen LogP contribution in [-0.2, 0) is 10.1 Å². The van der Waals surface area contributed by atoms with E-state index in [4.69, 9.17) is 9.47 Å². The SMILES string of the molecule is O=[N+]([O-])c1cc(CBr)ccc1OC1CCOC1. The molecule has 1 heterocycles. The molecule has 0 saturated carbocycles. The molecule has 17 heavy (non-hydrogen) atoms. The molecule has 1 aromatic carbocycles. The van der Waals surface area contributed by atoms with Gasteiger partial charge in [0.25, 0.3) is 0 Å². The number of halogens is 1. The highest BCUT2D eigenvalue weighted by molar-refractivity contribution is 9.08. The van der Waals surface area contributed by atoms with E-state index >= 15 is 0 Å². The van der Waals surface area contributed by atoms with Crippen LogP contribution in [0.4, 0.5) is 5.69 Å². The van der Waals surface area contributed by atoms with E-state index in [9.17, 15) is 10.1 Å². The van der Waals surface area contributed by atoms with Crippen molar-refractivity contribution in [3.8, 4) is 5.75 Å². The predicted octanol–water partition coefficient (Wildman–Crippen LogP) is 2.66. The molecule has 2 rings (SSSR count). The number of hydrogen-bond donors (Lipinski definition) is 0. The van der Waals surface area contributed by atoms with Crippen molar-refractivity contribution in [3.05, 3.63) is 33.9 Å². The highest BCUT2D eigenvalue weighted by Crippen LogP contribution is 2.30. The number of ether oxygens (including phenoxy) is 2. The first-order chi connectivity index (χ1) is 8.20. The molecule has 0 aliphatic carbocycles. The molecule has 1 atom stereocenters. The Morgan fingerprint density at radius 3 is 3.00 bits per heavy atom. The summed E-state index contributed by atoms with van der Waals surface area (Å²) in [7, 11) is 0. The number of nitro benzene ring substituents is 1. The lowest BCUT2D eigenvalue weighted by molar-refractivity contribution is -0.386. The van der Waals surface area contributed by atoms with E-state index in [1.807, 2.05) is 6.07 Å². The second kappa shape index (κ2) is 5.46. The lowest BCUT2D eigenvalue weighted by atomic mass is 10.2. The zero-order valence-electron chi connectivity index (χ0n) is 9.10. The van der Waals surface area contributed by atoms with E-state index in [1.165, 1.54) is 6.07 Å². The maximum absolute atomic E-state index is 10.9. The lowest BCUT2D eigenvalue weighted by Gasteiger charge is -2.12. The van der Waals surface area contributed by atoms with Gasteiger partial charge in [0.2, 0.25) is 0 Å². The molecule has 6 heteroatoms. The predicted molar refractivity (Wildman–Crippen MR) is 65.6 cm³/mol. The summed E-state index contributed by atoms with van der Waals surface area (Å²) in [5.74, 6) is 0.315. The summed E-state index contributed by atoms with van der Waals surface area (Å²) in [5, 5.41) is 11.5. The minimum atomic E-state index is -0.419. The van der Waals surface area contributed by atoms with Gasteiger partial charge in [0.1, 0.15) is 6.10 Å². The van der Waals surface area contributed by atoms with Crippen LogP contribution in [0.2, 0.25) is 0 Å². The highest BCUT2D eigenvalue weighted by atomic mass is 79.9. The second-order valence-corrected chi connectivity index (χ2v) is 4.36. The summed E-state index contributed by atoms with van der Waals surface area (Å²) in [4.78, 5) is 10.5. The smallest absolute Gasteiger partial charge is 0.311 e. The van der Waals surface area contributed by atoms with Crippen molar-refractivity contribution in [2.24, 2.45) is 0 Å². The molecule has 1 aliphatic rings. The standard InChI is InChI=1S/C11H12BrNO4/c12-6-8-1-2-11(10(5-8)13(14)15)17-9-3-4-16-7-9/h1-2,5,9H,3-4,6-7H2. The number of rotatable bonds is 4. The fourth-order valence-corrected chi connectivity index (χ4v) is 2.02. The van der Waals surface area contributed by atoms with Gasteiger partial charge in [-0.1, -0.05) is 22.0 Å². The number of alkyl halides is 1. The second-order valence-electron chi connectivity index (χ2n) is 3.80. The van der Waals surface area contributed by atoms with Crippen LogP contribution in [0.5, 0.6) is 5.75 Å². The van der Waals surface area contributed by atoms with Crippen LogP contribution in [0.15, 0.2) is 18.2 Å². The van der Waals surface area contributed by atoms with Crippen molar-refractivity contribution in [1.82, 2.24) is 0 Å². The fourth-order valence-electron chi connectivity index (χ4n) is 1.67. The van der Waals surface area contributed by atoms with Gasteiger partial charge in [-0.3, -0.25) is 10.1 Å². The summed E-state index contributed by atoms with van der Waals surface area (Å²) < 4.78 is 10.8. The topological polar surface area (TPSA) is 61.6 Å². The van der Waals surface area contributed by atoms with Crippen molar-refractivity contribution in [2.45, 2.75) is 17.9 Å². The van der Waals surface area contributed by atoms with E-state index in [1.54, 1.807) is 6.07 Å². The Kier molecular flexibility index (Phi) is 3.96. The van der Waals surface area contributed by atoms with Gasteiger partial charge in [0.05, 0.1) is 18.1 Å². The normalized spacial score (nSPS) is 19.2. The molecular weight excluding hydrogens is 290 g/mol. The van der Waals surface area contributed by atoms with Crippen LogP contribution in [0.25, 0.3) is 0 Å². The zero-order valence-corrected chi connectivity index (χ0v) is 10.7. The molecule has 0 bridgehead atoms. The number of benzene rings is 1. The summed E-state index contributed by atoms with van der Waals surface area (Å²) in [6.45, 7) is 1.15. The Balaban J connectivity index is 2.22. The molecule has 1 fully saturated rings. The number of nitrogens with zero attached hydrogens (tertiary/aromatic N) is 1. The molecule has 5 nitrogen and oxygen atoms in total. The van der Waals surface area contributed by atoms with E-state index in [-0.39, 0.29) is 11.8 Å². The lowest BCUT2D eigenvalue weighted by Crippen LogP contribution is -2.16. The highest BCUT2D eigenvalue weighted by Gasteiger charge is 2.22. The van der Waals surface area contributed by atoms with Gasteiger partial charge in [-0.05, 0) is 11.6 Å². The average molecular weight is 302 g/mol. The Hall–Kier alpha value is -1.14. The van der Waals surface area contributed by atoms with Crippen LogP contribution >= 0.6 is 15.9 Å². The molecular formula is C11H12BrNO4. The summed E-state index contributed by atoms with van der Waals surface area (Å²) in [6.07, 6.45) is 0.695. The van der Waals surface area contributed by atoms with E-state index in [0.29, 0.717) is 24.3 Å². The summed E-state index contributed by atoms with van der Waals surface area (Å²) in [6, 6.07) is 4.99. The van der Waals surface area contributed by atoms with Gasteiger partial charge in [-0.25, -0.2) is 0 Å². The quantitative estimate of drug-likeness (QED) is 0.487. The number of nitro groups is 1. The maximum atomic E-state index is 10.9. The van der Waals surface area contributed by atoms with Crippen molar-refractivity contribution < 1.29 is 14.4 Å². The molecule has 1 aliphatic heterocycles. The van der Waals surface area contributed by atoms with Gasteiger partial charge in [0, 0.05) is 17.8 Å². The van der Waals surface area contributed by atoms with Crippen LogP contribution < -0.4 is 4.74 Å². The first-order valence-electron chi connectivity index (χ1n) is 5.28. The van der Waals surface area contributed by atoms with Crippen LogP contribution in [-0.4, -0.2) is 24.2 Å². The zero-order chi connectivity index (χ0) is 12.3. The molecule has 92 valence electrons. The monoisotopic (exact) mass is 301 g/mol. The Labute approximate surface area is 107 Å². The van der Waals surface area contributed by atoms with Crippen molar-refractivity contribution in [3.63, 3.8) is 0 Å². The van der Waals surface area contributed by atoms with Crippen LogP contribution in [0.3, 0.4) is 0 Å².